The molecule has 1 atom stereocenters. The second-order valence-electron chi connectivity index (χ2n) is 11.9. The van der Waals surface area contributed by atoms with E-state index in [1.165, 1.54) is 12.1 Å². The molecule has 220 valence electrons. The summed E-state index contributed by atoms with van der Waals surface area (Å²) in [7, 11) is 1.61. The summed E-state index contributed by atoms with van der Waals surface area (Å²) in [5, 5.41) is 22.1. The predicted octanol–water partition coefficient (Wildman–Crippen LogP) is 6.74. The molecule has 0 saturated carbocycles. The molecule has 0 fully saturated rings. The lowest BCUT2D eigenvalue weighted by molar-refractivity contribution is -0.384. The van der Waals surface area contributed by atoms with Gasteiger partial charge in [-0.05, 0) is 72.7 Å². The largest absolute Gasteiger partial charge is 0.497 e. The zero-order chi connectivity index (χ0) is 31.1. The van der Waals surface area contributed by atoms with E-state index in [-0.39, 0.29) is 34.9 Å². The number of hydrogen-bond acceptors (Lipinski definition) is 8. The lowest BCUT2D eigenvalue weighted by Gasteiger charge is -2.44. The number of nitrogens with zero attached hydrogens (tertiary/aromatic N) is 3. The van der Waals surface area contributed by atoms with Crippen molar-refractivity contribution in [1.82, 2.24) is 0 Å². The fourth-order valence-electron chi connectivity index (χ4n) is 6.11. The van der Waals surface area contributed by atoms with Crippen LogP contribution in [-0.2, 0) is 11.4 Å². The van der Waals surface area contributed by atoms with Gasteiger partial charge in [-0.2, -0.15) is 5.26 Å². The molecule has 0 spiro atoms. The molecule has 5 rings (SSSR count). The zero-order valence-electron chi connectivity index (χ0n) is 24.9. The molecule has 1 heterocycles. The van der Waals surface area contributed by atoms with E-state index in [1.54, 1.807) is 24.1 Å². The van der Waals surface area contributed by atoms with Crippen LogP contribution >= 0.6 is 0 Å². The maximum Gasteiger partial charge on any atom is 0.271 e. The van der Waals surface area contributed by atoms with Gasteiger partial charge in [-0.3, -0.25) is 19.8 Å². The molecule has 1 unspecified atom stereocenters. The number of rotatable bonds is 7. The van der Waals surface area contributed by atoms with Crippen molar-refractivity contribution in [3.8, 4) is 17.6 Å². The lowest BCUT2D eigenvalue weighted by atomic mass is 9.68. The molecular weight excluding hydrogens is 544 g/mol. The maximum atomic E-state index is 14.0. The van der Waals surface area contributed by atoms with E-state index < -0.39 is 10.8 Å². The van der Waals surface area contributed by atoms with Gasteiger partial charge < -0.3 is 15.2 Å². The smallest absolute Gasteiger partial charge is 0.271 e. The first-order chi connectivity index (χ1) is 20.4. The number of aryl methyl sites for hydroxylation is 1. The first-order valence-corrected chi connectivity index (χ1v) is 14.0. The summed E-state index contributed by atoms with van der Waals surface area (Å²) in [6, 6.07) is 19.8. The number of carbonyl (C=O) groups excluding carboxylic acids is 1. The van der Waals surface area contributed by atoms with Crippen molar-refractivity contribution in [3.05, 3.63) is 116 Å². The minimum atomic E-state index is -0.682. The third kappa shape index (κ3) is 5.56. The van der Waals surface area contributed by atoms with E-state index in [2.05, 4.69) is 6.07 Å². The molecule has 0 aromatic heterocycles. The van der Waals surface area contributed by atoms with E-state index in [0.717, 1.165) is 28.0 Å². The fraction of sp³-hybridized carbons (Fsp3) is 0.294. The van der Waals surface area contributed by atoms with Gasteiger partial charge in [0.25, 0.3) is 5.69 Å². The summed E-state index contributed by atoms with van der Waals surface area (Å²) in [5.41, 5.74) is 11.7. The Morgan fingerprint density at radius 3 is 2.44 bits per heavy atom. The van der Waals surface area contributed by atoms with Crippen molar-refractivity contribution in [2.75, 3.05) is 12.0 Å². The van der Waals surface area contributed by atoms with Crippen molar-refractivity contribution in [3.63, 3.8) is 0 Å². The topological polar surface area (TPSA) is 132 Å². The van der Waals surface area contributed by atoms with Gasteiger partial charge in [-0.25, -0.2) is 0 Å². The SMILES string of the molecule is COc1ccc(OCc2cc(C)cc(C3C(C#N)=C(N)N(c4cccc([N+](=O)[O-])c4)C4=C3C(=O)CC(C)(C)C4)c2C)cc1. The van der Waals surface area contributed by atoms with Gasteiger partial charge in [-0.15, -0.1) is 0 Å². The fourth-order valence-corrected chi connectivity index (χ4v) is 6.11. The van der Waals surface area contributed by atoms with Crippen LogP contribution in [0, 0.1) is 40.7 Å². The minimum absolute atomic E-state index is 0.0659. The highest BCUT2D eigenvalue weighted by atomic mass is 16.6. The summed E-state index contributed by atoms with van der Waals surface area (Å²) < 4.78 is 11.3. The van der Waals surface area contributed by atoms with Crippen molar-refractivity contribution in [2.45, 2.75) is 53.1 Å². The summed E-state index contributed by atoms with van der Waals surface area (Å²) in [6.45, 7) is 8.26. The van der Waals surface area contributed by atoms with Crippen LogP contribution in [0.3, 0.4) is 0 Å². The first kappa shape index (κ1) is 29.4. The normalized spacial score (nSPS) is 17.8. The highest BCUT2D eigenvalue weighted by Gasteiger charge is 2.45. The van der Waals surface area contributed by atoms with E-state index >= 15 is 0 Å². The molecule has 3 aromatic carbocycles. The Kier molecular flexibility index (Phi) is 7.72. The standard InChI is InChI=1S/C34H34N4O5/c1-20-13-22(19-43-26-11-9-25(42-5)10-12-26)21(2)27(14-20)31-28(18-35)33(36)37(23-7-6-8-24(15-23)38(40)41)29-16-34(3,4)17-30(39)32(29)31/h6-15,31H,16-17,19,36H2,1-5H3. The third-order valence-corrected chi connectivity index (χ3v) is 8.14. The number of allylic oxidation sites excluding steroid dienone is 3. The number of ether oxygens (including phenoxy) is 2. The van der Waals surface area contributed by atoms with Crippen molar-refractivity contribution in [1.29, 1.82) is 5.26 Å². The number of Topliss-reactive ketones (excluding diaryl/α,β-unsaturated/α-hetero) is 1. The number of hydrogen-bond donors (Lipinski definition) is 1. The van der Waals surface area contributed by atoms with Gasteiger partial charge in [0.1, 0.15) is 23.9 Å². The van der Waals surface area contributed by atoms with Crippen LogP contribution in [0.2, 0.25) is 0 Å². The van der Waals surface area contributed by atoms with Crippen LogP contribution in [-0.4, -0.2) is 17.8 Å². The Bertz CT molecular complexity index is 1730. The van der Waals surface area contributed by atoms with Crippen LogP contribution in [0.25, 0.3) is 0 Å². The van der Waals surface area contributed by atoms with Gasteiger partial charge in [0.2, 0.25) is 0 Å². The van der Waals surface area contributed by atoms with E-state index in [9.17, 15) is 20.2 Å². The second kappa shape index (κ2) is 11.3. The van der Waals surface area contributed by atoms with E-state index in [1.807, 2.05) is 64.1 Å². The van der Waals surface area contributed by atoms with Crippen LogP contribution in [0.4, 0.5) is 11.4 Å². The number of methoxy groups -OCH3 is 1. The molecule has 3 aromatic rings. The second-order valence-corrected chi connectivity index (χ2v) is 11.9. The number of ketones is 1. The summed E-state index contributed by atoms with van der Waals surface area (Å²) >= 11 is 0. The molecule has 9 nitrogen and oxygen atoms in total. The summed E-state index contributed by atoms with van der Waals surface area (Å²) in [5.74, 6) is 0.830. The molecule has 1 aliphatic carbocycles. The molecule has 1 aliphatic heterocycles. The minimum Gasteiger partial charge on any atom is -0.497 e. The Hall–Kier alpha value is -5.10. The van der Waals surface area contributed by atoms with Crippen LogP contribution in [0.5, 0.6) is 11.5 Å². The molecule has 9 heteroatoms. The molecule has 2 aliphatic rings. The monoisotopic (exact) mass is 578 g/mol. The van der Waals surface area contributed by atoms with Gasteiger partial charge in [0.05, 0.1) is 35.3 Å². The first-order valence-electron chi connectivity index (χ1n) is 14.0. The molecule has 0 bridgehead atoms. The Labute approximate surface area is 251 Å². The Morgan fingerprint density at radius 1 is 1.09 bits per heavy atom. The molecule has 43 heavy (non-hydrogen) atoms. The number of carbonyl (C=O) groups is 1. The summed E-state index contributed by atoms with van der Waals surface area (Å²) in [4.78, 5) is 26.8. The summed E-state index contributed by atoms with van der Waals surface area (Å²) in [6.07, 6.45) is 0.813. The number of nitriles is 1. The Balaban J connectivity index is 1.65. The number of nitrogens with two attached hydrogens (primary N) is 1. The van der Waals surface area contributed by atoms with Gasteiger partial charge in [-0.1, -0.05) is 37.6 Å². The molecule has 2 N–H and O–H groups in total. The third-order valence-electron chi connectivity index (χ3n) is 8.14. The molecular formula is C34H34N4O5. The number of anilines is 1. The van der Waals surface area contributed by atoms with E-state index in [4.69, 9.17) is 15.2 Å². The number of nitro benzene ring substituents is 1. The van der Waals surface area contributed by atoms with Crippen molar-refractivity contribution < 1.29 is 19.2 Å². The van der Waals surface area contributed by atoms with E-state index in [0.29, 0.717) is 35.5 Å². The zero-order valence-corrected chi connectivity index (χ0v) is 24.9. The molecule has 0 amide bonds. The predicted molar refractivity (Wildman–Crippen MR) is 163 cm³/mol. The average molecular weight is 579 g/mol. The highest BCUT2D eigenvalue weighted by molar-refractivity contribution is 6.02. The average Bonchev–Trinajstić information content (AvgIpc) is 2.96. The van der Waals surface area contributed by atoms with Crippen molar-refractivity contribution >= 4 is 17.2 Å². The molecule has 0 radical (unpaired) electrons. The Morgan fingerprint density at radius 2 is 1.79 bits per heavy atom. The van der Waals surface area contributed by atoms with Crippen LogP contribution in [0.15, 0.2) is 83.3 Å². The quantitative estimate of drug-likeness (QED) is 0.241. The van der Waals surface area contributed by atoms with Gasteiger partial charge in [0, 0.05) is 29.8 Å². The van der Waals surface area contributed by atoms with Gasteiger partial charge >= 0.3 is 0 Å². The lowest BCUT2D eigenvalue weighted by Crippen LogP contribution is -2.42. The van der Waals surface area contributed by atoms with Crippen LogP contribution < -0.4 is 20.1 Å². The van der Waals surface area contributed by atoms with Gasteiger partial charge in [0.15, 0.2) is 5.78 Å². The number of non-ortho nitro benzene ring substituents is 1. The van der Waals surface area contributed by atoms with Crippen LogP contribution in [0.1, 0.15) is 54.9 Å². The van der Waals surface area contributed by atoms with Crippen molar-refractivity contribution in [2.24, 2.45) is 11.1 Å². The maximum absolute atomic E-state index is 14.0. The number of benzene rings is 3. The highest BCUT2D eigenvalue weighted by Crippen LogP contribution is 2.51. The molecule has 0 saturated heterocycles. The number of nitro groups is 1.